The minimum atomic E-state index is -0.123. The van der Waals surface area contributed by atoms with Gasteiger partial charge in [-0.2, -0.15) is 5.10 Å². The van der Waals surface area contributed by atoms with Gasteiger partial charge in [-0.3, -0.25) is 10.2 Å². The smallest absolute Gasteiger partial charge is 0.269 e. The summed E-state index contributed by atoms with van der Waals surface area (Å²) >= 11 is 0. The number of amides is 1. The van der Waals surface area contributed by atoms with Crippen LogP contribution in [0.2, 0.25) is 0 Å². The van der Waals surface area contributed by atoms with E-state index in [0.29, 0.717) is 11.3 Å². The Balaban J connectivity index is 0.00000240. The van der Waals surface area contributed by atoms with Crippen LogP contribution in [0.5, 0.6) is 0 Å². The number of para-hydroxylation sites is 1. The lowest BCUT2D eigenvalue weighted by atomic mass is 10.1. The normalized spacial score (nSPS) is 15.0. The highest BCUT2D eigenvalue weighted by Gasteiger charge is 2.22. The van der Waals surface area contributed by atoms with Gasteiger partial charge in [0.05, 0.1) is 11.3 Å². The van der Waals surface area contributed by atoms with Gasteiger partial charge in [-0.1, -0.05) is 48.0 Å². The van der Waals surface area contributed by atoms with Crippen LogP contribution in [-0.4, -0.2) is 58.8 Å². The van der Waals surface area contributed by atoms with Crippen molar-refractivity contribution in [1.29, 1.82) is 0 Å². The van der Waals surface area contributed by atoms with Gasteiger partial charge >= 0.3 is 0 Å². The van der Waals surface area contributed by atoms with Gasteiger partial charge in [0.1, 0.15) is 5.69 Å². The minimum absolute atomic E-state index is 0. The lowest BCUT2D eigenvalue weighted by Crippen LogP contribution is -2.52. The number of nitrogens with zero attached hydrogens (tertiary/aromatic N) is 4. The molecule has 7 heteroatoms. The zero-order chi connectivity index (χ0) is 19.5. The first-order valence-electron chi connectivity index (χ1n) is 9.57. The van der Waals surface area contributed by atoms with Gasteiger partial charge in [0, 0.05) is 37.9 Å². The first kappa shape index (κ1) is 21.0. The van der Waals surface area contributed by atoms with Gasteiger partial charge in [0.25, 0.3) is 5.91 Å². The van der Waals surface area contributed by atoms with Crippen LogP contribution in [0.25, 0.3) is 16.9 Å². The molecule has 0 atom stereocenters. The maximum absolute atomic E-state index is 13.1. The number of carbonyl (C=O) groups is 1. The van der Waals surface area contributed by atoms with E-state index in [-0.39, 0.29) is 18.3 Å². The summed E-state index contributed by atoms with van der Waals surface area (Å²) < 4.78 is 1.77. The number of hydrogen-bond acceptors (Lipinski definition) is 4. The van der Waals surface area contributed by atoms with E-state index in [4.69, 9.17) is 5.10 Å². The Hall–Kier alpha value is -2.67. The van der Waals surface area contributed by atoms with Gasteiger partial charge in [-0.25, -0.2) is 9.69 Å². The van der Waals surface area contributed by atoms with Crippen LogP contribution in [0.4, 0.5) is 0 Å². The van der Waals surface area contributed by atoms with Crippen molar-refractivity contribution in [3.63, 3.8) is 0 Å². The molecule has 1 N–H and O–H groups in total. The number of hydrazine groups is 1. The SMILES string of the molecule is Cc1ccc(-c2nn(-c3ccccc3)cc2C(=O)NN2CCN(C)CC2)cc1.Cl. The fraction of sp³-hybridized carbons (Fsp3) is 0.273. The number of halogens is 1. The van der Waals surface area contributed by atoms with Crippen molar-refractivity contribution in [3.05, 3.63) is 71.9 Å². The number of aryl methyl sites for hydroxylation is 1. The monoisotopic (exact) mass is 411 g/mol. The van der Waals surface area contributed by atoms with E-state index >= 15 is 0 Å². The Morgan fingerprint density at radius 2 is 1.62 bits per heavy atom. The molecule has 1 aromatic heterocycles. The second-order valence-electron chi connectivity index (χ2n) is 7.27. The highest BCUT2D eigenvalue weighted by molar-refractivity contribution is 5.99. The summed E-state index contributed by atoms with van der Waals surface area (Å²) in [6.07, 6.45) is 1.82. The predicted octanol–water partition coefficient (Wildman–Crippen LogP) is 3.16. The number of hydrogen-bond donors (Lipinski definition) is 1. The number of carbonyl (C=O) groups excluding carboxylic acids is 1. The van der Waals surface area contributed by atoms with Gasteiger partial charge in [0.15, 0.2) is 0 Å². The standard InChI is InChI=1S/C22H25N5O.ClH/c1-17-8-10-18(11-9-17)21-20(16-27(23-21)19-6-4-3-5-7-19)22(28)24-26-14-12-25(2)13-15-26;/h3-11,16H,12-15H2,1-2H3,(H,24,28);1H. The molecule has 2 heterocycles. The lowest BCUT2D eigenvalue weighted by molar-refractivity contribution is 0.0663. The molecule has 1 aliphatic heterocycles. The largest absolute Gasteiger partial charge is 0.304 e. The number of likely N-dealkylation sites (N-methyl/N-ethyl adjacent to an activating group) is 1. The molecule has 152 valence electrons. The molecule has 1 aliphatic rings. The third-order valence-electron chi connectivity index (χ3n) is 5.07. The van der Waals surface area contributed by atoms with Gasteiger partial charge in [-0.05, 0) is 26.1 Å². The Bertz CT molecular complexity index is 947. The Labute approximate surface area is 177 Å². The maximum atomic E-state index is 13.1. The summed E-state index contributed by atoms with van der Waals surface area (Å²) in [6.45, 7) is 5.56. The summed E-state index contributed by atoms with van der Waals surface area (Å²) in [5.74, 6) is -0.123. The molecule has 1 fully saturated rings. The van der Waals surface area contributed by atoms with Crippen molar-refractivity contribution in [2.24, 2.45) is 0 Å². The summed E-state index contributed by atoms with van der Waals surface area (Å²) in [4.78, 5) is 15.3. The molecule has 0 unspecified atom stereocenters. The van der Waals surface area contributed by atoms with Crippen molar-refractivity contribution in [3.8, 4) is 16.9 Å². The number of nitrogens with one attached hydrogen (secondary N) is 1. The summed E-state index contributed by atoms with van der Waals surface area (Å²) in [6, 6.07) is 18.0. The molecule has 0 spiro atoms. The summed E-state index contributed by atoms with van der Waals surface area (Å²) in [5.41, 5.74) is 7.36. The van der Waals surface area contributed by atoms with Crippen LogP contribution in [-0.2, 0) is 0 Å². The molecular weight excluding hydrogens is 386 g/mol. The number of rotatable bonds is 4. The maximum Gasteiger partial charge on any atom is 0.269 e. The highest BCUT2D eigenvalue weighted by atomic mass is 35.5. The summed E-state index contributed by atoms with van der Waals surface area (Å²) in [5, 5.41) is 6.72. The van der Waals surface area contributed by atoms with E-state index in [1.807, 2.05) is 72.7 Å². The van der Waals surface area contributed by atoms with E-state index in [1.165, 1.54) is 5.56 Å². The van der Waals surface area contributed by atoms with Crippen LogP contribution in [0.1, 0.15) is 15.9 Å². The Morgan fingerprint density at radius 3 is 2.28 bits per heavy atom. The molecule has 6 nitrogen and oxygen atoms in total. The van der Waals surface area contributed by atoms with Gasteiger partial charge < -0.3 is 4.90 Å². The molecular formula is C22H26ClN5O. The zero-order valence-electron chi connectivity index (χ0n) is 16.7. The van der Waals surface area contributed by atoms with Gasteiger partial charge in [0.2, 0.25) is 0 Å². The fourth-order valence-electron chi connectivity index (χ4n) is 3.30. The van der Waals surface area contributed by atoms with Crippen molar-refractivity contribution in [2.45, 2.75) is 6.92 Å². The van der Waals surface area contributed by atoms with Gasteiger partial charge in [-0.15, -0.1) is 12.4 Å². The molecule has 2 aromatic carbocycles. The van der Waals surface area contributed by atoms with Crippen molar-refractivity contribution < 1.29 is 4.79 Å². The van der Waals surface area contributed by atoms with Crippen LogP contribution in [0.15, 0.2) is 60.8 Å². The fourth-order valence-corrected chi connectivity index (χ4v) is 3.30. The lowest BCUT2D eigenvalue weighted by Gasteiger charge is -2.32. The quantitative estimate of drug-likeness (QED) is 0.716. The highest BCUT2D eigenvalue weighted by Crippen LogP contribution is 2.24. The molecule has 0 saturated carbocycles. The van der Waals surface area contributed by atoms with E-state index in [2.05, 4.69) is 17.4 Å². The van der Waals surface area contributed by atoms with Crippen LogP contribution >= 0.6 is 12.4 Å². The first-order valence-corrected chi connectivity index (χ1v) is 9.57. The molecule has 0 bridgehead atoms. The number of benzene rings is 2. The molecule has 1 amide bonds. The van der Waals surface area contributed by atoms with Crippen molar-refractivity contribution >= 4 is 18.3 Å². The molecule has 0 radical (unpaired) electrons. The molecule has 4 rings (SSSR count). The third-order valence-corrected chi connectivity index (χ3v) is 5.07. The Morgan fingerprint density at radius 1 is 0.966 bits per heavy atom. The number of piperazine rings is 1. The van der Waals surface area contributed by atoms with Crippen LogP contribution < -0.4 is 5.43 Å². The van der Waals surface area contributed by atoms with Crippen molar-refractivity contribution in [2.75, 3.05) is 33.2 Å². The molecule has 3 aromatic rings. The van der Waals surface area contributed by atoms with E-state index in [1.54, 1.807) is 4.68 Å². The Kier molecular flexibility index (Phi) is 6.69. The van der Waals surface area contributed by atoms with Crippen LogP contribution in [0, 0.1) is 6.92 Å². The molecule has 29 heavy (non-hydrogen) atoms. The van der Waals surface area contributed by atoms with Crippen molar-refractivity contribution in [1.82, 2.24) is 25.1 Å². The molecule has 0 aliphatic carbocycles. The van der Waals surface area contributed by atoms with E-state index in [9.17, 15) is 4.79 Å². The zero-order valence-corrected chi connectivity index (χ0v) is 17.5. The van der Waals surface area contributed by atoms with E-state index in [0.717, 1.165) is 37.4 Å². The second kappa shape index (κ2) is 9.22. The topological polar surface area (TPSA) is 53.4 Å². The second-order valence-corrected chi connectivity index (χ2v) is 7.27. The average Bonchev–Trinajstić information content (AvgIpc) is 3.17. The molecule has 1 saturated heterocycles. The minimum Gasteiger partial charge on any atom is -0.304 e. The average molecular weight is 412 g/mol. The van der Waals surface area contributed by atoms with Crippen LogP contribution in [0.3, 0.4) is 0 Å². The van der Waals surface area contributed by atoms with E-state index < -0.39 is 0 Å². The third kappa shape index (κ3) is 4.85. The number of aromatic nitrogens is 2. The predicted molar refractivity (Wildman–Crippen MR) is 118 cm³/mol. The first-order chi connectivity index (χ1) is 13.6. The summed E-state index contributed by atoms with van der Waals surface area (Å²) in [7, 11) is 2.10.